The van der Waals surface area contributed by atoms with Gasteiger partial charge < -0.3 is 14.2 Å². The fraction of sp³-hybridized carbons (Fsp3) is 0.462. The number of ketones is 1. The van der Waals surface area contributed by atoms with Gasteiger partial charge in [0.1, 0.15) is 11.9 Å². The predicted molar refractivity (Wildman–Crippen MR) is 124 cm³/mol. The summed E-state index contributed by atoms with van der Waals surface area (Å²) in [6.07, 6.45) is 0.672. The topological polar surface area (TPSA) is 91.8 Å². The van der Waals surface area contributed by atoms with Crippen molar-refractivity contribution in [3.8, 4) is 11.5 Å². The molecule has 0 spiro atoms. The summed E-state index contributed by atoms with van der Waals surface area (Å²) in [5, 5.41) is 0. The number of hydrogen-bond acceptors (Lipinski definition) is 7. The molecule has 0 saturated heterocycles. The van der Waals surface area contributed by atoms with Crippen molar-refractivity contribution in [3.05, 3.63) is 53.1 Å². The second-order valence-electron chi connectivity index (χ2n) is 8.73. The van der Waals surface area contributed by atoms with Crippen molar-refractivity contribution in [2.45, 2.75) is 60.0 Å². The summed E-state index contributed by atoms with van der Waals surface area (Å²) >= 11 is 0. The van der Waals surface area contributed by atoms with Gasteiger partial charge >= 0.3 is 11.9 Å². The van der Waals surface area contributed by atoms with Gasteiger partial charge in [-0.3, -0.25) is 14.4 Å². The van der Waals surface area contributed by atoms with Crippen LogP contribution in [0.5, 0.6) is 11.5 Å². The molecule has 0 aliphatic rings. The first-order valence-corrected chi connectivity index (χ1v) is 11.2. The fourth-order valence-corrected chi connectivity index (χ4v) is 4.03. The summed E-state index contributed by atoms with van der Waals surface area (Å²) < 4.78 is 29.6. The Kier molecular flexibility index (Phi) is 9.29. The van der Waals surface area contributed by atoms with Crippen LogP contribution in [-0.4, -0.2) is 35.9 Å². The number of Topliss-reactive ketones (excluding diaryl/α,β-unsaturated/α-hetero) is 1. The number of rotatable bonds is 10. The van der Waals surface area contributed by atoms with Crippen LogP contribution in [0, 0.1) is 24.6 Å². The number of aromatic nitrogens is 1. The van der Waals surface area contributed by atoms with Gasteiger partial charge in [-0.25, -0.2) is 9.37 Å². The zero-order valence-electron chi connectivity index (χ0n) is 20.7. The molecule has 0 unspecified atom stereocenters. The number of ether oxygens (including phenoxy) is 3. The van der Waals surface area contributed by atoms with Gasteiger partial charge in [-0.1, -0.05) is 26.8 Å². The Bertz CT molecular complexity index is 1050. The molecule has 0 amide bonds. The summed E-state index contributed by atoms with van der Waals surface area (Å²) in [5.74, 6) is -2.66. The summed E-state index contributed by atoms with van der Waals surface area (Å²) in [5.41, 5.74) is 1.60. The van der Waals surface area contributed by atoms with E-state index in [2.05, 4.69) is 4.98 Å². The van der Waals surface area contributed by atoms with E-state index in [0.29, 0.717) is 0 Å². The fourth-order valence-electron chi connectivity index (χ4n) is 4.03. The number of carbonyl (C=O) groups excluding carboxylic acids is 3. The van der Waals surface area contributed by atoms with Crippen LogP contribution in [0.2, 0.25) is 0 Å². The number of methoxy groups -OCH3 is 1. The summed E-state index contributed by atoms with van der Waals surface area (Å²) in [6.45, 7) is 10.4. The van der Waals surface area contributed by atoms with Crippen LogP contribution in [0.15, 0.2) is 30.5 Å². The highest BCUT2D eigenvalue weighted by molar-refractivity contribution is 5.99. The average Bonchev–Trinajstić information content (AvgIpc) is 2.74. The quantitative estimate of drug-likeness (QED) is 0.352. The lowest BCUT2D eigenvalue weighted by Gasteiger charge is -2.30. The SMILES string of the molecule is COc1ccnc(C(=O)C[C@@H](C)C(=O)O[C@H](C)[C@H](c2ccc(F)cc2C)C(C)C)c1OC(C)=O. The number of nitrogens with zero attached hydrogens (tertiary/aromatic N) is 1. The largest absolute Gasteiger partial charge is 0.493 e. The van der Waals surface area contributed by atoms with E-state index in [1.807, 2.05) is 20.8 Å². The third-order valence-corrected chi connectivity index (χ3v) is 5.61. The lowest BCUT2D eigenvalue weighted by Crippen LogP contribution is -2.30. The molecule has 2 aromatic rings. The van der Waals surface area contributed by atoms with E-state index in [1.54, 1.807) is 19.9 Å². The van der Waals surface area contributed by atoms with Crippen molar-refractivity contribution >= 4 is 17.7 Å². The van der Waals surface area contributed by atoms with Gasteiger partial charge in [0.05, 0.1) is 13.0 Å². The Labute approximate surface area is 199 Å². The second kappa shape index (κ2) is 11.7. The maximum atomic E-state index is 13.6. The first-order chi connectivity index (χ1) is 16.0. The Morgan fingerprint density at radius 3 is 2.32 bits per heavy atom. The minimum absolute atomic E-state index is 0.0805. The summed E-state index contributed by atoms with van der Waals surface area (Å²) in [6, 6.07) is 6.05. The number of aryl methyl sites for hydroxylation is 1. The Hall–Kier alpha value is -3.29. The molecule has 0 N–H and O–H groups in total. The zero-order valence-corrected chi connectivity index (χ0v) is 20.7. The van der Waals surface area contributed by atoms with Gasteiger partial charge in [0.2, 0.25) is 5.75 Å². The van der Waals surface area contributed by atoms with Gasteiger partial charge in [-0.05, 0) is 43.0 Å². The lowest BCUT2D eigenvalue weighted by molar-refractivity contribution is -0.154. The number of benzene rings is 1. The molecule has 184 valence electrons. The van der Waals surface area contributed by atoms with E-state index in [1.165, 1.54) is 38.4 Å². The van der Waals surface area contributed by atoms with Crippen molar-refractivity contribution in [1.29, 1.82) is 0 Å². The maximum absolute atomic E-state index is 13.6. The first kappa shape index (κ1) is 27.0. The van der Waals surface area contributed by atoms with E-state index < -0.39 is 29.7 Å². The summed E-state index contributed by atoms with van der Waals surface area (Å²) in [4.78, 5) is 41.2. The molecule has 3 atom stereocenters. The number of pyridine rings is 1. The number of halogens is 1. The van der Waals surface area contributed by atoms with E-state index in [4.69, 9.17) is 14.2 Å². The molecule has 0 saturated carbocycles. The smallest absolute Gasteiger partial charge is 0.309 e. The van der Waals surface area contributed by atoms with Crippen molar-refractivity contribution in [2.24, 2.45) is 11.8 Å². The third kappa shape index (κ3) is 6.62. The van der Waals surface area contributed by atoms with Gasteiger partial charge in [0, 0.05) is 31.5 Å². The average molecular weight is 474 g/mol. The highest BCUT2D eigenvalue weighted by Crippen LogP contribution is 2.34. The molecule has 0 bridgehead atoms. The number of carbonyl (C=O) groups is 3. The second-order valence-corrected chi connectivity index (χ2v) is 8.73. The van der Waals surface area contributed by atoms with E-state index in [9.17, 15) is 18.8 Å². The molecule has 2 rings (SSSR count). The lowest BCUT2D eigenvalue weighted by atomic mass is 9.82. The molecule has 0 radical (unpaired) electrons. The highest BCUT2D eigenvalue weighted by Gasteiger charge is 2.30. The van der Waals surface area contributed by atoms with E-state index in [-0.39, 0.29) is 41.3 Å². The van der Waals surface area contributed by atoms with Crippen LogP contribution in [0.4, 0.5) is 4.39 Å². The maximum Gasteiger partial charge on any atom is 0.309 e. The van der Waals surface area contributed by atoms with Crippen molar-refractivity contribution in [3.63, 3.8) is 0 Å². The Balaban J connectivity index is 2.16. The van der Waals surface area contributed by atoms with Crippen LogP contribution in [0.25, 0.3) is 0 Å². The molecular formula is C26H32FNO6. The minimum atomic E-state index is -0.768. The molecule has 1 aromatic heterocycles. The van der Waals surface area contributed by atoms with Crippen molar-refractivity contribution in [2.75, 3.05) is 7.11 Å². The monoisotopic (exact) mass is 473 g/mol. The molecule has 8 heteroatoms. The van der Waals surface area contributed by atoms with E-state index in [0.717, 1.165) is 11.1 Å². The minimum Gasteiger partial charge on any atom is -0.493 e. The van der Waals surface area contributed by atoms with Gasteiger partial charge in [-0.15, -0.1) is 0 Å². The molecular weight excluding hydrogens is 441 g/mol. The molecule has 0 aliphatic carbocycles. The number of hydrogen-bond donors (Lipinski definition) is 0. The first-order valence-electron chi connectivity index (χ1n) is 11.2. The van der Waals surface area contributed by atoms with Crippen LogP contribution in [-0.2, 0) is 14.3 Å². The van der Waals surface area contributed by atoms with E-state index >= 15 is 0 Å². The molecule has 7 nitrogen and oxygen atoms in total. The van der Waals surface area contributed by atoms with Crippen molar-refractivity contribution in [1.82, 2.24) is 4.98 Å². The molecule has 1 aromatic carbocycles. The van der Waals surface area contributed by atoms with Crippen molar-refractivity contribution < 1.29 is 33.0 Å². The molecule has 0 fully saturated rings. The standard InChI is InChI=1S/C26H32FNO6/c1-14(2)23(20-9-8-19(27)12-15(20)3)17(5)33-26(31)16(4)13-21(30)24-25(34-18(6)29)22(32-7)10-11-28-24/h8-12,14,16-17,23H,13H2,1-7H3/t16-,17-,23-/m1/s1. The van der Waals surface area contributed by atoms with Crippen LogP contribution >= 0.6 is 0 Å². The molecule has 34 heavy (non-hydrogen) atoms. The van der Waals surface area contributed by atoms with Gasteiger partial charge in [0.25, 0.3) is 0 Å². The van der Waals surface area contributed by atoms with Gasteiger partial charge in [0.15, 0.2) is 17.2 Å². The van der Waals surface area contributed by atoms with Gasteiger partial charge in [-0.2, -0.15) is 0 Å². The molecule has 0 aliphatic heterocycles. The predicted octanol–water partition coefficient (Wildman–Crippen LogP) is 5.04. The number of esters is 2. The van der Waals surface area contributed by atoms with Crippen LogP contribution in [0.1, 0.15) is 68.6 Å². The highest BCUT2D eigenvalue weighted by atomic mass is 19.1. The van der Waals surface area contributed by atoms with Crippen LogP contribution in [0.3, 0.4) is 0 Å². The summed E-state index contributed by atoms with van der Waals surface area (Å²) in [7, 11) is 1.38. The Morgan fingerprint density at radius 2 is 1.76 bits per heavy atom. The third-order valence-electron chi connectivity index (χ3n) is 5.61. The zero-order chi connectivity index (χ0) is 25.6. The van der Waals surface area contributed by atoms with Crippen LogP contribution < -0.4 is 9.47 Å². The Morgan fingerprint density at radius 1 is 1.09 bits per heavy atom. The molecule has 1 heterocycles. The normalized spacial score (nSPS) is 13.7.